The van der Waals surface area contributed by atoms with Crippen molar-refractivity contribution >= 4 is 11.3 Å². The van der Waals surface area contributed by atoms with E-state index in [1.165, 1.54) is 17.7 Å². The Morgan fingerprint density at radius 1 is 1.44 bits per heavy atom. The van der Waals surface area contributed by atoms with Crippen LogP contribution in [0.1, 0.15) is 44.0 Å². The molecule has 1 heterocycles. The summed E-state index contributed by atoms with van der Waals surface area (Å²) >= 11 is 1.85. The van der Waals surface area contributed by atoms with E-state index in [-0.39, 0.29) is 0 Å². The molecule has 1 aliphatic rings. The summed E-state index contributed by atoms with van der Waals surface area (Å²) in [6, 6.07) is 5.89. The van der Waals surface area contributed by atoms with Gasteiger partial charge in [-0.1, -0.05) is 19.9 Å². The van der Waals surface area contributed by atoms with E-state index >= 15 is 0 Å². The van der Waals surface area contributed by atoms with Crippen LogP contribution in [0.5, 0.6) is 0 Å². The minimum Gasteiger partial charge on any atom is -0.328 e. The molecule has 0 aromatic carbocycles. The van der Waals surface area contributed by atoms with Gasteiger partial charge in [-0.05, 0) is 36.6 Å². The molecule has 90 valence electrons. The lowest BCUT2D eigenvalue weighted by molar-refractivity contribution is 0.363. The van der Waals surface area contributed by atoms with Gasteiger partial charge in [0.1, 0.15) is 0 Å². The first kappa shape index (κ1) is 12.1. The second-order valence-electron chi connectivity index (χ2n) is 5.17. The van der Waals surface area contributed by atoms with Crippen LogP contribution in [-0.2, 0) is 0 Å². The number of thiophene rings is 1. The summed E-state index contributed by atoms with van der Waals surface area (Å²) in [5, 5.41) is 5.94. The normalized spacial score (nSPS) is 27.5. The molecular weight excluding hydrogens is 216 g/mol. The Morgan fingerprint density at radius 2 is 2.25 bits per heavy atom. The van der Waals surface area contributed by atoms with Crippen LogP contribution in [0, 0.1) is 5.92 Å². The van der Waals surface area contributed by atoms with Gasteiger partial charge in [0.15, 0.2) is 0 Å². The minimum atomic E-state index is 0.411. The van der Waals surface area contributed by atoms with Crippen LogP contribution in [0.3, 0.4) is 0 Å². The zero-order valence-electron chi connectivity index (χ0n) is 10.1. The van der Waals surface area contributed by atoms with E-state index in [1.54, 1.807) is 0 Å². The fraction of sp³-hybridized carbons (Fsp3) is 0.692. The molecule has 0 saturated heterocycles. The van der Waals surface area contributed by atoms with E-state index in [4.69, 9.17) is 5.73 Å². The summed E-state index contributed by atoms with van der Waals surface area (Å²) in [6.07, 6.45) is 3.54. The summed E-state index contributed by atoms with van der Waals surface area (Å²) < 4.78 is 0. The van der Waals surface area contributed by atoms with Gasteiger partial charge in [0, 0.05) is 23.0 Å². The molecule has 0 spiro atoms. The molecule has 1 fully saturated rings. The zero-order valence-corrected chi connectivity index (χ0v) is 11.0. The molecule has 3 heteroatoms. The fourth-order valence-electron chi connectivity index (χ4n) is 2.49. The average molecular weight is 238 g/mol. The van der Waals surface area contributed by atoms with E-state index in [0.29, 0.717) is 24.0 Å². The highest BCUT2D eigenvalue weighted by molar-refractivity contribution is 7.10. The quantitative estimate of drug-likeness (QED) is 0.846. The zero-order chi connectivity index (χ0) is 11.5. The van der Waals surface area contributed by atoms with Gasteiger partial charge in [0.2, 0.25) is 0 Å². The summed E-state index contributed by atoms with van der Waals surface area (Å²) in [6.45, 7) is 4.57. The van der Waals surface area contributed by atoms with Crippen molar-refractivity contribution in [3.05, 3.63) is 22.4 Å². The summed E-state index contributed by atoms with van der Waals surface area (Å²) in [4.78, 5) is 1.45. The molecule has 2 rings (SSSR count). The Balaban J connectivity index is 1.98. The number of hydrogen-bond donors (Lipinski definition) is 2. The van der Waals surface area contributed by atoms with Gasteiger partial charge in [0.25, 0.3) is 0 Å². The maximum Gasteiger partial charge on any atom is 0.0440 e. The Morgan fingerprint density at radius 3 is 2.75 bits per heavy atom. The third kappa shape index (κ3) is 2.84. The van der Waals surface area contributed by atoms with E-state index < -0.39 is 0 Å². The summed E-state index contributed by atoms with van der Waals surface area (Å²) in [5.41, 5.74) is 5.96. The Kier molecular flexibility index (Phi) is 4.00. The van der Waals surface area contributed by atoms with Crippen LogP contribution < -0.4 is 11.1 Å². The molecule has 0 bridgehead atoms. The van der Waals surface area contributed by atoms with Gasteiger partial charge in [-0.15, -0.1) is 11.3 Å². The SMILES string of the molecule is CC(C)C(NC1CCC(N)C1)c1cccs1. The van der Waals surface area contributed by atoms with Gasteiger partial charge < -0.3 is 11.1 Å². The lowest BCUT2D eigenvalue weighted by atomic mass is 10.0. The van der Waals surface area contributed by atoms with Crippen molar-refractivity contribution in [3.63, 3.8) is 0 Å². The van der Waals surface area contributed by atoms with E-state index in [9.17, 15) is 0 Å². The lowest BCUT2D eigenvalue weighted by Gasteiger charge is -2.25. The lowest BCUT2D eigenvalue weighted by Crippen LogP contribution is -2.34. The first-order valence-electron chi connectivity index (χ1n) is 6.22. The van der Waals surface area contributed by atoms with Crippen molar-refractivity contribution < 1.29 is 0 Å². The maximum absolute atomic E-state index is 5.96. The maximum atomic E-state index is 5.96. The Bertz CT molecular complexity index is 308. The van der Waals surface area contributed by atoms with Crippen molar-refractivity contribution in [2.45, 2.75) is 51.2 Å². The van der Waals surface area contributed by atoms with E-state index in [0.717, 1.165) is 6.42 Å². The monoisotopic (exact) mass is 238 g/mol. The minimum absolute atomic E-state index is 0.411. The third-order valence-corrected chi connectivity index (χ3v) is 4.36. The average Bonchev–Trinajstić information content (AvgIpc) is 2.84. The van der Waals surface area contributed by atoms with Crippen molar-refractivity contribution in [3.8, 4) is 0 Å². The molecule has 0 amide bonds. The molecular formula is C13H22N2S. The number of rotatable bonds is 4. The van der Waals surface area contributed by atoms with Crippen LogP contribution in [-0.4, -0.2) is 12.1 Å². The molecule has 16 heavy (non-hydrogen) atoms. The Hall–Kier alpha value is -0.380. The van der Waals surface area contributed by atoms with E-state index in [2.05, 4.69) is 36.7 Å². The number of hydrogen-bond acceptors (Lipinski definition) is 3. The standard InChI is InChI=1S/C13H22N2S/c1-9(2)13(12-4-3-7-16-12)15-11-6-5-10(14)8-11/h3-4,7,9-11,13,15H,5-6,8,14H2,1-2H3. The molecule has 1 aromatic heterocycles. The first-order chi connectivity index (χ1) is 7.66. The van der Waals surface area contributed by atoms with Crippen molar-refractivity contribution in [1.82, 2.24) is 5.32 Å². The number of nitrogens with one attached hydrogen (secondary N) is 1. The molecule has 0 radical (unpaired) electrons. The summed E-state index contributed by atoms with van der Waals surface area (Å²) in [5.74, 6) is 0.635. The highest BCUT2D eigenvalue weighted by Gasteiger charge is 2.26. The first-order valence-corrected chi connectivity index (χ1v) is 7.10. The molecule has 3 N–H and O–H groups in total. The van der Waals surface area contributed by atoms with Crippen molar-refractivity contribution in [2.75, 3.05) is 0 Å². The highest BCUT2D eigenvalue weighted by atomic mass is 32.1. The molecule has 2 nitrogen and oxygen atoms in total. The van der Waals surface area contributed by atoms with Crippen molar-refractivity contribution in [2.24, 2.45) is 11.7 Å². The molecule has 3 unspecified atom stereocenters. The Labute approximate surface area is 102 Å². The molecule has 0 aliphatic heterocycles. The second-order valence-corrected chi connectivity index (χ2v) is 6.15. The third-order valence-electron chi connectivity index (χ3n) is 3.40. The fourth-order valence-corrected chi connectivity index (χ4v) is 3.45. The predicted molar refractivity (Wildman–Crippen MR) is 70.6 cm³/mol. The van der Waals surface area contributed by atoms with Gasteiger partial charge in [-0.2, -0.15) is 0 Å². The largest absolute Gasteiger partial charge is 0.328 e. The molecule has 3 atom stereocenters. The summed E-state index contributed by atoms with van der Waals surface area (Å²) in [7, 11) is 0. The smallest absolute Gasteiger partial charge is 0.0440 e. The topological polar surface area (TPSA) is 38.0 Å². The molecule has 1 aromatic rings. The van der Waals surface area contributed by atoms with Crippen LogP contribution in [0.25, 0.3) is 0 Å². The van der Waals surface area contributed by atoms with Crippen LogP contribution in [0.15, 0.2) is 17.5 Å². The molecule has 1 aliphatic carbocycles. The van der Waals surface area contributed by atoms with Crippen LogP contribution in [0.4, 0.5) is 0 Å². The van der Waals surface area contributed by atoms with Gasteiger partial charge in [0.05, 0.1) is 0 Å². The van der Waals surface area contributed by atoms with E-state index in [1.807, 2.05) is 11.3 Å². The van der Waals surface area contributed by atoms with Crippen molar-refractivity contribution in [1.29, 1.82) is 0 Å². The predicted octanol–water partition coefficient (Wildman–Crippen LogP) is 2.91. The highest BCUT2D eigenvalue weighted by Crippen LogP contribution is 2.29. The van der Waals surface area contributed by atoms with Gasteiger partial charge in [-0.25, -0.2) is 0 Å². The molecule has 1 saturated carbocycles. The number of nitrogens with two attached hydrogens (primary N) is 1. The van der Waals surface area contributed by atoms with Crippen LogP contribution in [0.2, 0.25) is 0 Å². The van der Waals surface area contributed by atoms with Gasteiger partial charge >= 0.3 is 0 Å². The van der Waals surface area contributed by atoms with Gasteiger partial charge in [-0.3, -0.25) is 0 Å². The second kappa shape index (κ2) is 5.30. The van der Waals surface area contributed by atoms with Crippen LogP contribution >= 0.6 is 11.3 Å².